The summed E-state index contributed by atoms with van der Waals surface area (Å²) in [6.45, 7) is 0.00858. The Morgan fingerprint density at radius 3 is 2.14 bits per heavy atom. The van der Waals surface area contributed by atoms with Crippen LogP contribution in [-0.2, 0) is 28.9 Å². The van der Waals surface area contributed by atoms with Gasteiger partial charge >= 0.3 is 0 Å². The molecule has 0 radical (unpaired) electrons. The van der Waals surface area contributed by atoms with E-state index in [1.165, 1.54) is 24.1 Å². The molecule has 0 saturated carbocycles. The first-order chi connectivity index (χ1) is 21.0. The molecule has 0 bridgehead atoms. The minimum absolute atomic E-state index is 0. The number of phenolic OH excluding ortho intramolecular Hbond substituents is 1. The number of halogens is 1. The van der Waals surface area contributed by atoms with E-state index in [0.29, 0.717) is 12.0 Å². The highest BCUT2D eigenvalue weighted by Crippen LogP contribution is 2.41. The molecule has 3 atom stereocenters. The van der Waals surface area contributed by atoms with E-state index in [1.54, 1.807) is 6.07 Å². The van der Waals surface area contributed by atoms with Crippen LogP contribution in [0.3, 0.4) is 0 Å². The lowest BCUT2D eigenvalue weighted by atomic mass is 9.71. The molecule has 3 aromatic rings. The number of aliphatic hydroxyl groups is 3. The average Bonchev–Trinajstić information content (AvgIpc) is 2.99. The van der Waals surface area contributed by atoms with Crippen molar-refractivity contribution in [2.45, 2.75) is 70.3 Å². The number of unbranched alkanes of at least 4 members (excludes halogenated alkanes) is 1. The molecule has 0 fully saturated rings. The number of Topliss-reactive ketones (excluding diaryl/α,β-unsaturated/α-hetero) is 3. The van der Waals surface area contributed by atoms with Crippen LogP contribution in [0.15, 0.2) is 60.7 Å². The van der Waals surface area contributed by atoms with E-state index in [4.69, 9.17) is 11.6 Å². The number of fused-ring (bicyclic) bond motifs is 1. The maximum Gasteiger partial charge on any atom is 0.174 e. The van der Waals surface area contributed by atoms with Crippen LogP contribution in [-0.4, -0.2) is 56.6 Å². The molecule has 0 amide bonds. The third kappa shape index (κ3) is 8.02. The van der Waals surface area contributed by atoms with Crippen LogP contribution in [0.25, 0.3) is 11.1 Å². The first kappa shape index (κ1) is 33.5. The zero-order chi connectivity index (χ0) is 31.9. The fourth-order valence-electron chi connectivity index (χ4n) is 6.42. The first-order valence-electron chi connectivity index (χ1n) is 15.2. The topological polar surface area (TPSA) is 132 Å². The molecule has 0 spiro atoms. The number of phenols is 1. The van der Waals surface area contributed by atoms with Crippen molar-refractivity contribution < 1.29 is 37.7 Å². The van der Waals surface area contributed by atoms with Gasteiger partial charge in [-0.1, -0.05) is 54.1 Å². The summed E-state index contributed by atoms with van der Waals surface area (Å²) in [6, 6.07) is 19.5. The molecule has 8 heteroatoms. The lowest BCUT2D eigenvalue weighted by Crippen LogP contribution is -2.51. The number of carbonyl (C=O) groups is 3. The van der Waals surface area contributed by atoms with Gasteiger partial charge in [0.25, 0.3) is 0 Å². The summed E-state index contributed by atoms with van der Waals surface area (Å²) in [6.07, 6.45) is 4.18. The van der Waals surface area contributed by atoms with Crippen LogP contribution >= 0.6 is 11.6 Å². The third-order valence-electron chi connectivity index (χ3n) is 8.80. The SMILES string of the molecule is CC(=O)CC(=O)[C@@](O)(CO)C(CCO)CC1CC(=O)c2c(O)ccc(-c3ccc(CCCCc4ccc(Cl)cc4)cc3)c2C1.[HH].[HH]. The minimum Gasteiger partial charge on any atom is -0.507 e. The third-order valence-corrected chi connectivity index (χ3v) is 9.05. The Morgan fingerprint density at radius 2 is 1.57 bits per heavy atom. The van der Waals surface area contributed by atoms with Gasteiger partial charge < -0.3 is 20.4 Å². The van der Waals surface area contributed by atoms with Crippen LogP contribution in [0.5, 0.6) is 5.75 Å². The van der Waals surface area contributed by atoms with Gasteiger partial charge in [-0.3, -0.25) is 14.4 Å². The van der Waals surface area contributed by atoms with Crippen LogP contribution in [0, 0.1) is 11.8 Å². The molecular formula is C36H45ClO7. The lowest BCUT2D eigenvalue weighted by Gasteiger charge is -2.36. The minimum atomic E-state index is -2.20. The van der Waals surface area contributed by atoms with E-state index in [-0.39, 0.29) is 51.7 Å². The predicted molar refractivity (Wildman–Crippen MR) is 174 cm³/mol. The first-order valence-corrected chi connectivity index (χ1v) is 15.6. The molecule has 3 aromatic carbocycles. The maximum atomic E-state index is 13.3. The highest BCUT2D eigenvalue weighted by atomic mass is 35.5. The van der Waals surface area contributed by atoms with E-state index >= 15 is 0 Å². The van der Waals surface area contributed by atoms with Crippen molar-refractivity contribution in [2.24, 2.45) is 11.8 Å². The number of aliphatic hydroxyl groups excluding tert-OH is 2. The second-order valence-electron chi connectivity index (χ2n) is 12.0. The second kappa shape index (κ2) is 15.1. The summed E-state index contributed by atoms with van der Waals surface area (Å²) in [5, 5.41) is 42.3. The average molecular weight is 625 g/mol. The number of hydrogen-bond acceptors (Lipinski definition) is 7. The zero-order valence-electron chi connectivity index (χ0n) is 25.1. The molecular weight excluding hydrogens is 580 g/mol. The standard InChI is InChI=1S/C36H41ClO7.2H2/c1-23(40)18-34(43)36(44,22-39)28(16-17-38)19-26-20-31-30(14-15-32(41)35(31)33(42)21-26)27-10-6-24(7-11-27)4-2-3-5-25-8-12-29(37)13-9-25;;/h6-15,26,28,38-39,41,44H,2-5,16-22H2,1H3;2*1H/t26?,28?,36-;;/m1../s1. The smallest absolute Gasteiger partial charge is 0.174 e. The van der Waals surface area contributed by atoms with Crippen LogP contribution in [0.1, 0.15) is 75.4 Å². The highest BCUT2D eigenvalue weighted by molar-refractivity contribution is 6.30. The second-order valence-corrected chi connectivity index (χ2v) is 12.5. The Bertz CT molecular complexity index is 1480. The van der Waals surface area contributed by atoms with Crippen molar-refractivity contribution in [3.63, 3.8) is 0 Å². The molecule has 2 unspecified atom stereocenters. The number of aryl methyl sites for hydroxylation is 2. The van der Waals surface area contributed by atoms with E-state index in [9.17, 15) is 34.8 Å². The fourth-order valence-corrected chi connectivity index (χ4v) is 6.54. The number of rotatable bonds is 15. The monoisotopic (exact) mass is 624 g/mol. The van der Waals surface area contributed by atoms with Gasteiger partial charge in [0.05, 0.1) is 18.6 Å². The van der Waals surface area contributed by atoms with Gasteiger partial charge in [0, 0.05) is 20.9 Å². The molecule has 44 heavy (non-hydrogen) atoms. The van der Waals surface area contributed by atoms with Crippen LogP contribution in [0.2, 0.25) is 5.02 Å². The Hall–Kier alpha value is -3.36. The summed E-state index contributed by atoms with van der Waals surface area (Å²) < 4.78 is 0. The van der Waals surface area contributed by atoms with E-state index < -0.39 is 36.1 Å². The zero-order valence-corrected chi connectivity index (χ0v) is 25.9. The molecule has 4 rings (SSSR count). The Morgan fingerprint density at radius 1 is 0.955 bits per heavy atom. The normalized spacial score (nSPS) is 16.7. The number of carbonyl (C=O) groups excluding carboxylic acids is 3. The maximum absolute atomic E-state index is 13.3. The van der Waals surface area contributed by atoms with Crippen molar-refractivity contribution in [2.75, 3.05) is 13.2 Å². The van der Waals surface area contributed by atoms with E-state index in [0.717, 1.165) is 41.8 Å². The summed E-state index contributed by atoms with van der Waals surface area (Å²) in [5.74, 6) is -2.72. The molecule has 0 aromatic heterocycles. The summed E-state index contributed by atoms with van der Waals surface area (Å²) >= 11 is 5.97. The number of aromatic hydroxyl groups is 1. The Balaban J connectivity index is 0.00000368. The van der Waals surface area contributed by atoms with Gasteiger partial charge in [0.1, 0.15) is 17.1 Å². The number of hydrogen-bond donors (Lipinski definition) is 4. The molecule has 238 valence electrons. The van der Waals surface area contributed by atoms with Crippen LogP contribution in [0.4, 0.5) is 0 Å². The van der Waals surface area contributed by atoms with Crippen molar-refractivity contribution in [3.05, 3.63) is 87.9 Å². The van der Waals surface area contributed by atoms with Crippen molar-refractivity contribution in [1.82, 2.24) is 0 Å². The van der Waals surface area contributed by atoms with Gasteiger partial charge in [0.2, 0.25) is 0 Å². The molecule has 0 saturated heterocycles. The van der Waals surface area contributed by atoms with Crippen LogP contribution < -0.4 is 0 Å². The van der Waals surface area contributed by atoms with Gasteiger partial charge in [-0.2, -0.15) is 0 Å². The highest BCUT2D eigenvalue weighted by Gasteiger charge is 2.44. The van der Waals surface area contributed by atoms with Gasteiger partial charge in [0.15, 0.2) is 11.6 Å². The summed E-state index contributed by atoms with van der Waals surface area (Å²) in [7, 11) is 0. The fraction of sp³-hybridized carbons (Fsp3) is 0.417. The van der Waals surface area contributed by atoms with Gasteiger partial charge in [-0.25, -0.2) is 0 Å². The Kier molecular flexibility index (Phi) is 11.5. The lowest BCUT2D eigenvalue weighted by molar-refractivity contribution is -0.152. The molecule has 0 heterocycles. The summed E-state index contributed by atoms with van der Waals surface area (Å²) in [4.78, 5) is 37.7. The summed E-state index contributed by atoms with van der Waals surface area (Å²) in [5.41, 5.74) is 2.99. The van der Waals surface area contributed by atoms with Crippen molar-refractivity contribution >= 4 is 29.0 Å². The quantitative estimate of drug-likeness (QED) is 0.117. The van der Waals surface area contributed by atoms with E-state index in [1.807, 2.05) is 24.3 Å². The predicted octanol–water partition coefficient (Wildman–Crippen LogP) is 6.18. The molecule has 1 aliphatic carbocycles. The van der Waals surface area contributed by atoms with Gasteiger partial charge in [-0.05, 0) is 110 Å². The Labute approximate surface area is 266 Å². The van der Waals surface area contributed by atoms with Crippen molar-refractivity contribution in [3.8, 4) is 16.9 Å². The molecule has 4 N–H and O–H groups in total. The molecule has 7 nitrogen and oxygen atoms in total. The molecule has 1 aliphatic rings. The number of benzene rings is 3. The van der Waals surface area contributed by atoms with Gasteiger partial charge in [-0.15, -0.1) is 0 Å². The largest absolute Gasteiger partial charge is 0.507 e. The van der Waals surface area contributed by atoms with Crippen molar-refractivity contribution in [1.29, 1.82) is 0 Å². The molecule has 0 aliphatic heterocycles. The van der Waals surface area contributed by atoms with E-state index in [2.05, 4.69) is 24.3 Å². The number of ketones is 3.